The van der Waals surface area contributed by atoms with E-state index in [9.17, 15) is 4.79 Å². The van der Waals surface area contributed by atoms with Crippen LogP contribution in [0.5, 0.6) is 0 Å². The van der Waals surface area contributed by atoms with E-state index in [-0.39, 0.29) is 12.4 Å². The molecule has 1 amide bonds. The van der Waals surface area contributed by atoms with E-state index in [0.29, 0.717) is 0 Å². The third kappa shape index (κ3) is 8.95. The van der Waals surface area contributed by atoms with Gasteiger partial charge in [-0.25, -0.2) is 5.48 Å². The second-order valence-electron chi connectivity index (χ2n) is 0.417. The van der Waals surface area contributed by atoms with Gasteiger partial charge < -0.3 is 0 Å². The van der Waals surface area contributed by atoms with Crippen LogP contribution < -0.4 is 5.48 Å². The molecule has 0 aliphatic carbocycles. The second kappa shape index (κ2) is 5.07. The number of hydrogen-bond donors (Lipinski definition) is 3. The summed E-state index contributed by atoms with van der Waals surface area (Å²) in [7, 11) is 0. The monoisotopic (exact) mass is 129 g/mol. The fourth-order valence-corrected chi connectivity index (χ4v) is 0. The Kier molecular flexibility index (Phi) is 7.96. The highest BCUT2D eigenvalue weighted by Gasteiger charge is 1.76. The summed E-state index contributed by atoms with van der Waals surface area (Å²) in [6.45, 7) is 0. The summed E-state index contributed by atoms with van der Waals surface area (Å²) in [6, 6.07) is 0. The van der Waals surface area contributed by atoms with Crippen molar-refractivity contribution in [3.63, 3.8) is 0 Å². The van der Waals surface area contributed by atoms with Crippen LogP contribution in [0.25, 0.3) is 0 Å². The molecular weight excluding hydrogens is 126 g/mol. The summed E-state index contributed by atoms with van der Waals surface area (Å²) in [6.07, 6.45) is 0. The van der Waals surface area contributed by atoms with Crippen LogP contribution in [0.3, 0.4) is 0 Å². The topological polar surface area (TPSA) is 49.3 Å². The van der Waals surface area contributed by atoms with Crippen LogP contribution in [0, 0.1) is 0 Å². The van der Waals surface area contributed by atoms with Crippen LogP contribution in [0.15, 0.2) is 0 Å². The molecule has 38 valence electrons. The Morgan fingerprint density at radius 1 is 1.83 bits per heavy atom. The molecule has 0 aromatic rings. The Balaban J connectivity index is 0. The first kappa shape index (κ1) is 9.42. The predicted molar refractivity (Wildman–Crippen MR) is 26.6 cm³/mol. The third-order valence-corrected chi connectivity index (χ3v) is 0.196. The summed E-state index contributed by atoms with van der Waals surface area (Å²) in [5, 5.41) is 6.72. The van der Waals surface area contributed by atoms with Gasteiger partial charge in [0.25, 0.3) is 5.24 Å². The van der Waals surface area contributed by atoms with E-state index in [1.54, 1.807) is 0 Å². The van der Waals surface area contributed by atoms with Gasteiger partial charge in [0.1, 0.15) is 0 Å². The molecule has 2 N–H and O–H groups in total. The lowest BCUT2D eigenvalue weighted by Crippen LogP contribution is -2.08. The molecule has 0 heterocycles. The molecule has 3 nitrogen and oxygen atoms in total. The molecule has 0 aromatic heterocycles. The zero-order chi connectivity index (χ0) is 4.28. The van der Waals surface area contributed by atoms with E-state index in [1.165, 1.54) is 5.48 Å². The van der Waals surface area contributed by atoms with Gasteiger partial charge in [-0.15, -0.1) is 12.4 Å². The number of nitrogens with one attached hydrogen (secondary N) is 1. The number of rotatable bonds is 0. The van der Waals surface area contributed by atoms with Crippen molar-refractivity contribution in [1.82, 2.24) is 5.48 Å². The van der Waals surface area contributed by atoms with Gasteiger partial charge in [-0.1, -0.05) is 12.6 Å². The number of halogens is 1. The molecule has 0 aliphatic heterocycles. The minimum atomic E-state index is -0.745. The second-order valence-corrected chi connectivity index (χ2v) is 0.823. The number of hydroxylamine groups is 1. The van der Waals surface area contributed by atoms with Crippen LogP contribution in [0.1, 0.15) is 0 Å². The Labute approximate surface area is 46.5 Å². The maximum absolute atomic E-state index is 9.32. The van der Waals surface area contributed by atoms with Crippen molar-refractivity contribution in [2.45, 2.75) is 0 Å². The Morgan fingerprint density at radius 2 is 2.00 bits per heavy atom. The number of hydrogen-bond acceptors (Lipinski definition) is 2. The van der Waals surface area contributed by atoms with Crippen molar-refractivity contribution >= 4 is 30.3 Å². The Hall–Kier alpha value is 0.0700. The number of carbonyl (C=O) groups excluding carboxylic acids is 1. The lowest BCUT2D eigenvalue weighted by molar-refractivity contribution is 0.181. The first-order chi connectivity index (χ1) is 2.27. The average molecular weight is 130 g/mol. The molecule has 0 bridgehead atoms. The number of carbonyl (C=O) groups is 1. The highest BCUT2D eigenvalue weighted by molar-refractivity contribution is 7.96. The molecule has 6 heavy (non-hydrogen) atoms. The van der Waals surface area contributed by atoms with Crippen molar-refractivity contribution in [3.05, 3.63) is 0 Å². The minimum absolute atomic E-state index is 0. The predicted octanol–water partition coefficient (Wildman–Crippen LogP) is 0.437. The molecule has 0 saturated heterocycles. The summed E-state index contributed by atoms with van der Waals surface area (Å²) >= 11 is 3.10. The smallest absolute Gasteiger partial charge is 0.288 e. The molecule has 5 heteroatoms. The fourth-order valence-electron chi connectivity index (χ4n) is 0. The maximum Gasteiger partial charge on any atom is 0.299 e. The first-order valence-electron chi connectivity index (χ1n) is 0.901. The van der Waals surface area contributed by atoms with E-state index < -0.39 is 5.24 Å². The van der Waals surface area contributed by atoms with E-state index >= 15 is 0 Å². The van der Waals surface area contributed by atoms with Gasteiger partial charge in [0.2, 0.25) is 0 Å². The van der Waals surface area contributed by atoms with E-state index in [4.69, 9.17) is 5.21 Å². The fraction of sp³-hybridized carbons (Fsp3) is 0. The summed E-state index contributed by atoms with van der Waals surface area (Å²) in [5.74, 6) is 0. The van der Waals surface area contributed by atoms with Crippen LogP contribution in [-0.2, 0) is 0 Å². The largest absolute Gasteiger partial charge is 0.299 e. The van der Waals surface area contributed by atoms with E-state index in [0.717, 1.165) is 0 Å². The number of amides is 1. The zero-order valence-electron chi connectivity index (χ0n) is 2.71. The molecule has 0 fully saturated rings. The molecule has 0 aliphatic rings. The normalized spacial score (nSPS) is 5.67. The van der Waals surface area contributed by atoms with Crippen LogP contribution in [0.2, 0.25) is 0 Å². The lowest BCUT2D eigenvalue weighted by Gasteiger charge is -1.77. The molecule has 0 unspecified atom stereocenters. The number of thiol groups is 1. The van der Waals surface area contributed by atoms with Crippen molar-refractivity contribution in [3.8, 4) is 0 Å². The van der Waals surface area contributed by atoms with Crippen molar-refractivity contribution in [2.75, 3.05) is 0 Å². The summed E-state index contributed by atoms with van der Waals surface area (Å²) < 4.78 is 0. The molecular formula is CH4ClNO2S. The van der Waals surface area contributed by atoms with Gasteiger partial charge in [0.15, 0.2) is 0 Å². The van der Waals surface area contributed by atoms with Crippen molar-refractivity contribution in [2.24, 2.45) is 0 Å². The quantitative estimate of drug-likeness (QED) is 0.253. The lowest BCUT2D eigenvalue weighted by atomic mass is 11.4. The highest BCUT2D eigenvalue weighted by Crippen LogP contribution is 1.67. The molecule has 0 aromatic carbocycles. The maximum atomic E-state index is 9.32. The minimum Gasteiger partial charge on any atom is -0.288 e. The van der Waals surface area contributed by atoms with Crippen LogP contribution in [0.4, 0.5) is 4.79 Å². The zero-order valence-corrected chi connectivity index (χ0v) is 4.42. The first-order valence-corrected chi connectivity index (χ1v) is 1.35. The molecule has 0 radical (unpaired) electrons. The Morgan fingerprint density at radius 3 is 2.00 bits per heavy atom. The van der Waals surface area contributed by atoms with Gasteiger partial charge in [-0.05, 0) is 0 Å². The van der Waals surface area contributed by atoms with Crippen molar-refractivity contribution < 1.29 is 10.0 Å². The standard InChI is InChI=1S/CH3NO2S.ClH/c3-1(5)2-4;/h4H,(H2,2,3,5);1H. The van der Waals surface area contributed by atoms with Gasteiger partial charge in [0.05, 0.1) is 0 Å². The summed E-state index contributed by atoms with van der Waals surface area (Å²) in [4.78, 5) is 9.32. The molecule has 0 spiro atoms. The average Bonchev–Trinajstić information content (AvgIpc) is 1.38. The summed E-state index contributed by atoms with van der Waals surface area (Å²) in [5.41, 5.74) is 1.25. The Bertz CT molecular complexity index is 48.8. The van der Waals surface area contributed by atoms with Crippen molar-refractivity contribution in [1.29, 1.82) is 0 Å². The van der Waals surface area contributed by atoms with Gasteiger partial charge in [-0.2, -0.15) is 0 Å². The van der Waals surface area contributed by atoms with Crippen LogP contribution in [-0.4, -0.2) is 10.4 Å². The molecule has 0 rings (SSSR count). The third-order valence-electron chi connectivity index (χ3n) is 0.0956. The van der Waals surface area contributed by atoms with E-state index in [1.807, 2.05) is 0 Å². The van der Waals surface area contributed by atoms with Gasteiger partial charge in [0, 0.05) is 0 Å². The van der Waals surface area contributed by atoms with Crippen LogP contribution >= 0.6 is 25.0 Å². The molecule has 0 atom stereocenters. The van der Waals surface area contributed by atoms with Gasteiger partial charge in [-0.3, -0.25) is 10.0 Å². The highest BCUT2D eigenvalue weighted by atomic mass is 35.5. The van der Waals surface area contributed by atoms with E-state index in [2.05, 4.69) is 12.6 Å². The molecule has 0 saturated carbocycles. The SMILES string of the molecule is Cl.O=C(S)NO. The van der Waals surface area contributed by atoms with Gasteiger partial charge >= 0.3 is 0 Å².